The number of hydrogen-bond acceptors (Lipinski definition) is 5. The Balaban J connectivity index is 1.15. The Morgan fingerprint density at radius 3 is 2.91 bits per heavy atom. The highest BCUT2D eigenvalue weighted by molar-refractivity contribution is 6.01. The van der Waals surface area contributed by atoms with Crippen LogP contribution in [0.2, 0.25) is 0 Å². The van der Waals surface area contributed by atoms with Gasteiger partial charge in [-0.3, -0.25) is 4.79 Å². The van der Waals surface area contributed by atoms with Crippen LogP contribution in [0.3, 0.4) is 0 Å². The lowest BCUT2D eigenvalue weighted by Gasteiger charge is -2.40. The Bertz CT molecular complexity index is 1010. The summed E-state index contributed by atoms with van der Waals surface area (Å²) in [5.74, 6) is 3.71. The van der Waals surface area contributed by atoms with Crippen molar-refractivity contribution >= 4 is 28.3 Å². The molecule has 5 rings (SSSR count). The maximum Gasteiger partial charge on any atom is 0.224 e. The molecular weight excluding hydrogens is 436 g/mol. The zero-order chi connectivity index (χ0) is 24.1. The van der Waals surface area contributed by atoms with Gasteiger partial charge in [-0.2, -0.15) is 0 Å². The van der Waals surface area contributed by atoms with E-state index in [0.29, 0.717) is 6.42 Å². The van der Waals surface area contributed by atoms with Crippen molar-refractivity contribution in [3.8, 4) is 0 Å². The highest BCUT2D eigenvalue weighted by atomic mass is 16.5. The zero-order valence-electron chi connectivity index (χ0n) is 21.3. The van der Waals surface area contributed by atoms with Gasteiger partial charge in [0.25, 0.3) is 0 Å². The second-order valence-electron chi connectivity index (χ2n) is 11.2. The van der Waals surface area contributed by atoms with Crippen LogP contribution < -0.4 is 16.0 Å². The van der Waals surface area contributed by atoms with Crippen molar-refractivity contribution < 1.29 is 9.53 Å². The first kappa shape index (κ1) is 24.5. The Morgan fingerprint density at radius 1 is 1.09 bits per heavy atom. The van der Waals surface area contributed by atoms with Crippen molar-refractivity contribution in [1.29, 1.82) is 0 Å². The Hall–Kier alpha value is -2.18. The van der Waals surface area contributed by atoms with Crippen molar-refractivity contribution in [3.63, 3.8) is 0 Å². The number of nitrogens with zero attached hydrogens (tertiary/aromatic N) is 1. The second kappa shape index (κ2) is 11.3. The maximum atomic E-state index is 13.2. The van der Waals surface area contributed by atoms with Crippen molar-refractivity contribution in [3.05, 3.63) is 30.3 Å². The molecule has 6 nitrogen and oxygen atoms in total. The molecule has 1 amide bonds. The number of fused-ring (bicyclic) bond motifs is 3. The first-order valence-corrected chi connectivity index (χ1v) is 13.9. The fraction of sp³-hybridized carbons (Fsp3) is 0.655. The van der Waals surface area contributed by atoms with Crippen molar-refractivity contribution in [1.82, 2.24) is 10.3 Å². The lowest BCUT2D eigenvalue weighted by atomic mass is 9.65. The average Bonchev–Trinajstić information content (AvgIpc) is 3.07. The van der Waals surface area contributed by atoms with E-state index < -0.39 is 0 Å². The van der Waals surface area contributed by atoms with Gasteiger partial charge in [-0.05, 0) is 86.0 Å². The molecule has 0 aliphatic heterocycles. The van der Waals surface area contributed by atoms with Gasteiger partial charge in [0, 0.05) is 38.0 Å². The summed E-state index contributed by atoms with van der Waals surface area (Å²) in [6, 6.07) is 10.1. The Kier molecular flexibility index (Phi) is 7.88. The molecule has 0 spiro atoms. The minimum Gasteiger partial charge on any atom is -0.380 e. The molecule has 0 radical (unpaired) electrons. The van der Waals surface area contributed by atoms with Gasteiger partial charge < -0.3 is 20.7 Å². The first-order chi connectivity index (χ1) is 17.1. The molecule has 3 fully saturated rings. The molecule has 6 heteroatoms. The van der Waals surface area contributed by atoms with E-state index in [1.807, 2.05) is 24.3 Å². The fourth-order valence-corrected chi connectivity index (χ4v) is 7.23. The van der Waals surface area contributed by atoms with Crippen LogP contribution in [0.5, 0.6) is 0 Å². The average molecular weight is 479 g/mol. The Labute approximate surface area is 210 Å². The fourth-order valence-electron chi connectivity index (χ4n) is 7.23. The summed E-state index contributed by atoms with van der Waals surface area (Å²) < 4.78 is 5.48. The van der Waals surface area contributed by atoms with E-state index in [1.165, 1.54) is 44.9 Å². The Morgan fingerprint density at radius 2 is 2.00 bits per heavy atom. The molecule has 0 saturated heterocycles. The lowest BCUT2D eigenvalue weighted by Crippen LogP contribution is -2.33. The normalized spacial score (nSPS) is 27.2. The summed E-state index contributed by atoms with van der Waals surface area (Å²) in [5, 5.41) is 11.0. The number of hydrogen-bond donors (Lipinski definition) is 3. The van der Waals surface area contributed by atoms with Crippen LogP contribution in [-0.4, -0.2) is 43.7 Å². The van der Waals surface area contributed by atoms with Gasteiger partial charge in [-0.1, -0.05) is 25.8 Å². The molecule has 1 heterocycles. The van der Waals surface area contributed by atoms with Gasteiger partial charge in [-0.25, -0.2) is 4.98 Å². The monoisotopic (exact) mass is 478 g/mol. The molecule has 3 aliphatic carbocycles. The van der Waals surface area contributed by atoms with Crippen LogP contribution in [-0.2, 0) is 9.53 Å². The third-order valence-electron chi connectivity index (χ3n) is 8.56. The maximum absolute atomic E-state index is 13.2. The molecule has 3 bridgehead atoms. The largest absolute Gasteiger partial charge is 0.380 e. The molecular formula is C29H42N4O2. The van der Waals surface area contributed by atoms with E-state index in [4.69, 9.17) is 9.72 Å². The minimum absolute atomic E-state index is 0.174. The quantitative estimate of drug-likeness (QED) is 0.346. The SMILES string of the molecule is CCCOCCNCCNc1ccc2c(NC(=O)C[C@]34CCCC5CC(CC5C3)C4)cccc2n1. The molecule has 35 heavy (non-hydrogen) atoms. The topological polar surface area (TPSA) is 75.3 Å². The highest BCUT2D eigenvalue weighted by Gasteiger charge is 2.50. The third kappa shape index (κ3) is 5.97. The number of anilines is 2. The van der Waals surface area contributed by atoms with Crippen LogP contribution in [0, 0.1) is 23.2 Å². The molecule has 3 unspecified atom stereocenters. The predicted octanol–water partition coefficient (Wildman–Crippen LogP) is 5.60. The van der Waals surface area contributed by atoms with Gasteiger partial charge in [0.2, 0.25) is 5.91 Å². The summed E-state index contributed by atoms with van der Waals surface area (Å²) in [6.07, 6.45) is 11.0. The van der Waals surface area contributed by atoms with Gasteiger partial charge in [0.15, 0.2) is 0 Å². The van der Waals surface area contributed by atoms with Crippen molar-refractivity contribution in [2.45, 2.75) is 64.7 Å². The molecule has 1 aromatic carbocycles. The summed E-state index contributed by atoms with van der Waals surface area (Å²) in [5.41, 5.74) is 2.01. The van der Waals surface area contributed by atoms with E-state index >= 15 is 0 Å². The minimum atomic E-state index is 0.174. The summed E-state index contributed by atoms with van der Waals surface area (Å²) >= 11 is 0. The van der Waals surface area contributed by atoms with Crippen LogP contribution in [0.25, 0.3) is 10.9 Å². The standard InChI is InChI=1S/C29H42N4O2/c1-2-14-35-15-13-30-11-12-31-27-9-8-24-25(32-27)6-3-7-26(24)33-28(34)20-29-10-4-5-22-16-21(18-29)17-23(22)19-29/h3,6-9,21-23,30H,2,4-5,10-20H2,1H3,(H,31,32)(H,33,34)/t21?,22?,23?,29-/m0/s1. The van der Waals surface area contributed by atoms with Crippen molar-refractivity contribution in [2.75, 3.05) is 43.5 Å². The number of aromatic nitrogens is 1. The van der Waals surface area contributed by atoms with Crippen LogP contribution >= 0.6 is 0 Å². The lowest BCUT2D eigenvalue weighted by molar-refractivity contribution is -0.119. The number of nitrogens with one attached hydrogen (secondary N) is 3. The molecule has 4 atom stereocenters. The summed E-state index contributed by atoms with van der Waals surface area (Å²) in [4.78, 5) is 18.0. The molecule has 2 aromatic rings. The second-order valence-corrected chi connectivity index (χ2v) is 11.2. The molecule has 1 aromatic heterocycles. The molecule has 190 valence electrons. The van der Waals surface area contributed by atoms with Gasteiger partial charge in [-0.15, -0.1) is 0 Å². The highest BCUT2D eigenvalue weighted by Crippen LogP contribution is 2.60. The smallest absolute Gasteiger partial charge is 0.224 e. The summed E-state index contributed by atoms with van der Waals surface area (Å²) in [6.45, 7) is 6.21. The number of benzene rings is 1. The van der Waals surface area contributed by atoms with E-state index in [2.05, 4.69) is 28.9 Å². The van der Waals surface area contributed by atoms with E-state index in [1.54, 1.807) is 0 Å². The molecule has 3 saturated carbocycles. The molecule has 3 N–H and O–H groups in total. The number of amides is 1. The number of pyridine rings is 1. The number of carbonyl (C=O) groups is 1. The zero-order valence-corrected chi connectivity index (χ0v) is 21.3. The number of ether oxygens (including phenoxy) is 1. The first-order valence-electron chi connectivity index (χ1n) is 13.9. The number of carbonyl (C=O) groups excluding carboxylic acids is 1. The van der Waals surface area contributed by atoms with Crippen molar-refractivity contribution in [2.24, 2.45) is 23.2 Å². The van der Waals surface area contributed by atoms with Gasteiger partial charge in [0.1, 0.15) is 5.82 Å². The van der Waals surface area contributed by atoms with Crippen LogP contribution in [0.1, 0.15) is 64.7 Å². The van der Waals surface area contributed by atoms with E-state index in [-0.39, 0.29) is 11.3 Å². The van der Waals surface area contributed by atoms with Gasteiger partial charge >= 0.3 is 0 Å². The van der Waals surface area contributed by atoms with E-state index in [0.717, 1.165) is 79.4 Å². The third-order valence-corrected chi connectivity index (χ3v) is 8.56. The van der Waals surface area contributed by atoms with Gasteiger partial charge in [0.05, 0.1) is 17.8 Å². The molecule has 3 aliphatic rings. The number of rotatable bonds is 12. The summed E-state index contributed by atoms with van der Waals surface area (Å²) in [7, 11) is 0. The predicted molar refractivity (Wildman–Crippen MR) is 143 cm³/mol. The van der Waals surface area contributed by atoms with E-state index in [9.17, 15) is 4.79 Å². The van der Waals surface area contributed by atoms with Crippen LogP contribution in [0.4, 0.5) is 11.5 Å². The van der Waals surface area contributed by atoms with Crippen LogP contribution in [0.15, 0.2) is 30.3 Å².